The van der Waals surface area contributed by atoms with E-state index in [0.717, 1.165) is 27.7 Å². The van der Waals surface area contributed by atoms with E-state index in [4.69, 9.17) is 0 Å². The van der Waals surface area contributed by atoms with Crippen LogP contribution in [0.3, 0.4) is 0 Å². The average molecular weight is 390 g/mol. The van der Waals surface area contributed by atoms with Crippen LogP contribution in [0.4, 0.5) is 0 Å². The fourth-order valence-corrected chi connectivity index (χ4v) is 5.67. The maximum atomic E-state index is 13.2. The van der Waals surface area contributed by atoms with Crippen molar-refractivity contribution in [1.29, 1.82) is 0 Å². The maximum Gasteiger partial charge on any atom is 0.325 e. The largest absolute Gasteiger partial charge is 0.325 e. The lowest BCUT2D eigenvalue weighted by atomic mass is 10.0. The maximum absolute atomic E-state index is 13.2. The molecule has 4 aromatic rings. The van der Waals surface area contributed by atoms with E-state index in [-0.39, 0.29) is 11.2 Å². The standard InChI is InChI=1S/C22H16N2OS2/c25-19-14-18(17-12-7-13-26-17)27-22-23-20(15-8-3-1-4-9-15)21(24(19)22)16-10-5-2-6-11-16/h1-13,18H,14H2/p+1. The van der Waals surface area contributed by atoms with Gasteiger partial charge in [0.05, 0.1) is 11.7 Å². The number of aromatic amines is 1. The zero-order chi connectivity index (χ0) is 18.2. The summed E-state index contributed by atoms with van der Waals surface area (Å²) in [5.74, 6) is 0.138. The molecule has 0 saturated heterocycles. The normalized spacial score (nSPS) is 16.3. The fourth-order valence-electron chi connectivity index (χ4n) is 3.50. The summed E-state index contributed by atoms with van der Waals surface area (Å²) in [6, 6.07) is 24.5. The molecule has 0 bridgehead atoms. The topological polar surface area (TPSA) is 36.1 Å². The molecule has 5 rings (SSSR count). The second-order valence-electron chi connectivity index (χ2n) is 6.44. The number of carbonyl (C=O) groups excluding carboxylic acids is 1. The summed E-state index contributed by atoms with van der Waals surface area (Å²) in [5.41, 5.74) is 4.06. The lowest BCUT2D eigenvalue weighted by Crippen LogP contribution is -2.22. The smallest absolute Gasteiger partial charge is 0.246 e. The molecule has 0 aliphatic carbocycles. The predicted molar refractivity (Wildman–Crippen MR) is 110 cm³/mol. The Hall–Kier alpha value is -2.63. The van der Waals surface area contributed by atoms with E-state index in [1.165, 1.54) is 4.88 Å². The van der Waals surface area contributed by atoms with Gasteiger partial charge >= 0.3 is 11.1 Å². The van der Waals surface area contributed by atoms with Crippen LogP contribution in [0.25, 0.3) is 22.5 Å². The van der Waals surface area contributed by atoms with Gasteiger partial charge in [-0.2, -0.15) is 4.57 Å². The number of nitrogens with zero attached hydrogens (tertiary/aromatic N) is 1. The Morgan fingerprint density at radius 2 is 1.59 bits per heavy atom. The Morgan fingerprint density at radius 3 is 2.26 bits per heavy atom. The predicted octanol–water partition coefficient (Wildman–Crippen LogP) is 5.58. The van der Waals surface area contributed by atoms with Gasteiger partial charge in [0.15, 0.2) is 11.4 Å². The first-order chi connectivity index (χ1) is 13.3. The molecule has 1 aliphatic rings. The summed E-state index contributed by atoms with van der Waals surface area (Å²) in [4.78, 5) is 18.0. The Kier molecular flexibility index (Phi) is 4.19. The van der Waals surface area contributed by atoms with Gasteiger partial charge in [0, 0.05) is 16.0 Å². The number of aromatic nitrogens is 2. The van der Waals surface area contributed by atoms with Gasteiger partial charge in [0.25, 0.3) is 0 Å². The van der Waals surface area contributed by atoms with Crippen molar-refractivity contribution in [3.8, 4) is 22.5 Å². The van der Waals surface area contributed by atoms with Gasteiger partial charge in [-0.15, -0.1) is 11.3 Å². The van der Waals surface area contributed by atoms with Crippen LogP contribution in [0.5, 0.6) is 0 Å². The molecule has 132 valence electrons. The first-order valence-electron chi connectivity index (χ1n) is 8.83. The molecule has 1 aliphatic heterocycles. The van der Waals surface area contributed by atoms with Gasteiger partial charge in [-0.1, -0.05) is 66.7 Å². The molecule has 3 nitrogen and oxygen atoms in total. The summed E-state index contributed by atoms with van der Waals surface area (Å²) in [7, 11) is 0. The highest BCUT2D eigenvalue weighted by atomic mass is 32.2. The lowest BCUT2D eigenvalue weighted by Gasteiger charge is -2.16. The number of H-pyrrole nitrogens is 1. The van der Waals surface area contributed by atoms with Crippen LogP contribution in [0, 0.1) is 0 Å². The number of carbonyl (C=O) groups is 1. The third-order valence-electron chi connectivity index (χ3n) is 4.73. The minimum Gasteiger partial charge on any atom is -0.246 e. The van der Waals surface area contributed by atoms with Crippen molar-refractivity contribution in [1.82, 2.24) is 4.57 Å². The zero-order valence-electron chi connectivity index (χ0n) is 14.5. The number of benzene rings is 2. The van der Waals surface area contributed by atoms with Crippen molar-refractivity contribution >= 4 is 29.0 Å². The first-order valence-corrected chi connectivity index (χ1v) is 10.6. The third-order valence-corrected chi connectivity index (χ3v) is 7.08. The van der Waals surface area contributed by atoms with Gasteiger partial charge in [-0.05, 0) is 23.2 Å². The number of thiophene rings is 1. The van der Waals surface area contributed by atoms with Crippen LogP contribution in [0.2, 0.25) is 0 Å². The van der Waals surface area contributed by atoms with Gasteiger partial charge in [0.1, 0.15) is 0 Å². The zero-order valence-corrected chi connectivity index (χ0v) is 16.1. The summed E-state index contributed by atoms with van der Waals surface area (Å²) in [6.07, 6.45) is 0.509. The molecule has 5 heteroatoms. The van der Waals surface area contributed by atoms with E-state index in [2.05, 4.69) is 40.7 Å². The molecular formula is C22H17N2OS2+. The molecule has 0 radical (unpaired) electrons. The Bertz CT molecular complexity index is 1090. The second kappa shape index (κ2) is 6.83. The molecule has 0 saturated carbocycles. The average Bonchev–Trinajstić information content (AvgIpc) is 3.37. The van der Waals surface area contributed by atoms with E-state index in [0.29, 0.717) is 6.42 Å². The minimum atomic E-state index is 0.138. The molecule has 3 heterocycles. The molecule has 1 N–H and O–H groups in total. The van der Waals surface area contributed by atoms with Crippen molar-refractivity contribution in [2.45, 2.75) is 16.8 Å². The number of hydrogen-bond acceptors (Lipinski definition) is 3. The second-order valence-corrected chi connectivity index (χ2v) is 8.61. The Morgan fingerprint density at radius 1 is 0.889 bits per heavy atom. The third kappa shape index (κ3) is 2.93. The van der Waals surface area contributed by atoms with Crippen LogP contribution >= 0.6 is 23.1 Å². The fraction of sp³-hybridized carbons (Fsp3) is 0.0909. The van der Waals surface area contributed by atoms with E-state index in [1.54, 1.807) is 23.1 Å². The number of rotatable bonds is 3. The SMILES string of the molecule is O=C1CC(c2cccs2)Sc2[nH+]c(-c3ccccc3)c(-c3ccccc3)n21. The van der Waals surface area contributed by atoms with Crippen LogP contribution < -0.4 is 4.98 Å². The van der Waals surface area contributed by atoms with E-state index < -0.39 is 0 Å². The van der Waals surface area contributed by atoms with Gasteiger partial charge in [-0.3, -0.25) is 0 Å². The van der Waals surface area contributed by atoms with Crippen molar-refractivity contribution < 1.29 is 9.78 Å². The van der Waals surface area contributed by atoms with Crippen molar-refractivity contribution in [3.05, 3.63) is 83.1 Å². The van der Waals surface area contributed by atoms with Crippen molar-refractivity contribution in [3.63, 3.8) is 0 Å². The number of imidazole rings is 1. The Balaban J connectivity index is 1.70. The molecule has 0 amide bonds. The number of fused-ring (bicyclic) bond motifs is 1. The summed E-state index contributed by atoms with van der Waals surface area (Å²) < 4.78 is 1.87. The van der Waals surface area contributed by atoms with E-state index >= 15 is 0 Å². The first kappa shape index (κ1) is 16.5. The molecule has 2 aromatic heterocycles. The van der Waals surface area contributed by atoms with Gasteiger partial charge in [0.2, 0.25) is 0 Å². The molecular weight excluding hydrogens is 372 g/mol. The van der Waals surface area contributed by atoms with Gasteiger partial charge in [-0.25, -0.2) is 9.78 Å². The summed E-state index contributed by atoms with van der Waals surface area (Å²) >= 11 is 3.45. The molecule has 0 fully saturated rings. The molecule has 0 spiro atoms. The summed E-state index contributed by atoms with van der Waals surface area (Å²) in [6.45, 7) is 0. The van der Waals surface area contributed by atoms with Crippen molar-refractivity contribution in [2.75, 3.05) is 0 Å². The van der Waals surface area contributed by atoms with Crippen molar-refractivity contribution in [2.24, 2.45) is 0 Å². The molecule has 1 unspecified atom stereocenters. The van der Waals surface area contributed by atoms with Crippen LogP contribution in [0.15, 0.2) is 83.3 Å². The van der Waals surface area contributed by atoms with Crippen LogP contribution in [-0.2, 0) is 0 Å². The number of thioether (sulfide) groups is 1. The number of hydrogen-bond donors (Lipinski definition) is 0. The highest BCUT2D eigenvalue weighted by molar-refractivity contribution is 7.99. The highest BCUT2D eigenvalue weighted by Crippen LogP contribution is 2.45. The quantitative estimate of drug-likeness (QED) is 0.459. The lowest BCUT2D eigenvalue weighted by molar-refractivity contribution is -0.415. The molecule has 2 aromatic carbocycles. The highest BCUT2D eigenvalue weighted by Gasteiger charge is 2.39. The monoisotopic (exact) mass is 389 g/mol. The van der Waals surface area contributed by atoms with Crippen LogP contribution in [-0.4, -0.2) is 10.5 Å². The van der Waals surface area contributed by atoms with E-state index in [9.17, 15) is 4.79 Å². The van der Waals surface area contributed by atoms with E-state index in [1.807, 2.05) is 47.0 Å². The number of nitrogens with one attached hydrogen (secondary N) is 1. The molecule has 1 atom stereocenters. The Labute approximate surface area is 165 Å². The molecule has 27 heavy (non-hydrogen) atoms. The minimum absolute atomic E-state index is 0.138. The summed E-state index contributed by atoms with van der Waals surface area (Å²) in [5, 5.41) is 3.15. The van der Waals surface area contributed by atoms with Crippen LogP contribution in [0.1, 0.15) is 21.3 Å². The van der Waals surface area contributed by atoms with Gasteiger partial charge < -0.3 is 0 Å².